The van der Waals surface area contributed by atoms with E-state index >= 15 is 0 Å². The maximum absolute atomic E-state index is 12.5. The minimum Gasteiger partial charge on any atom is -0.465 e. The standard InChI is InChI=1S/C21H13F6NO4/c1-30-19(29)18-16(12-2-6-14(7-3-12)31-20(22,23)24)10-28-11-17(18)13-4-8-15(9-5-13)32-21(25,26)27/h2-11H,1H3. The van der Waals surface area contributed by atoms with Gasteiger partial charge in [-0.2, -0.15) is 0 Å². The maximum atomic E-state index is 12.5. The second kappa shape index (κ2) is 8.77. The topological polar surface area (TPSA) is 57.7 Å². The summed E-state index contributed by atoms with van der Waals surface area (Å²) in [5.74, 6) is -1.68. The second-order valence-electron chi connectivity index (χ2n) is 6.25. The Bertz CT molecular complexity index is 1020. The van der Waals surface area contributed by atoms with E-state index in [-0.39, 0.29) is 16.7 Å². The van der Waals surface area contributed by atoms with Gasteiger partial charge in [-0.1, -0.05) is 24.3 Å². The van der Waals surface area contributed by atoms with E-state index in [1.165, 1.54) is 36.7 Å². The fourth-order valence-corrected chi connectivity index (χ4v) is 2.89. The highest BCUT2D eigenvalue weighted by Crippen LogP contribution is 2.34. The molecule has 0 amide bonds. The number of carbonyl (C=O) groups is 1. The zero-order chi connectivity index (χ0) is 23.5. The molecule has 0 radical (unpaired) electrons. The van der Waals surface area contributed by atoms with Gasteiger partial charge in [-0.3, -0.25) is 4.98 Å². The highest BCUT2D eigenvalue weighted by Gasteiger charge is 2.32. The van der Waals surface area contributed by atoms with Gasteiger partial charge in [0.05, 0.1) is 12.7 Å². The number of alkyl halides is 6. The third-order valence-electron chi connectivity index (χ3n) is 4.13. The van der Waals surface area contributed by atoms with Gasteiger partial charge in [0.2, 0.25) is 0 Å². The minimum absolute atomic E-state index is 0.0245. The summed E-state index contributed by atoms with van der Waals surface area (Å²) < 4.78 is 86.7. The van der Waals surface area contributed by atoms with Crippen LogP contribution in [0.1, 0.15) is 10.4 Å². The smallest absolute Gasteiger partial charge is 0.465 e. The molecule has 0 spiro atoms. The molecule has 0 aliphatic carbocycles. The first kappa shape index (κ1) is 22.9. The molecule has 0 aliphatic heterocycles. The molecule has 3 aromatic rings. The fourth-order valence-electron chi connectivity index (χ4n) is 2.89. The Labute approximate surface area is 177 Å². The normalized spacial score (nSPS) is 11.7. The van der Waals surface area contributed by atoms with Gasteiger partial charge >= 0.3 is 18.7 Å². The molecule has 0 aliphatic rings. The summed E-state index contributed by atoms with van der Waals surface area (Å²) in [4.78, 5) is 16.6. The van der Waals surface area contributed by atoms with Crippen LogP contribution in [0, 0.1) is 0 Å². The van der Waals surface area contributed by atoms with Gasteiger partial charge in [-0.05, 0) is 35.4 Å². The largest absolute Gasteiger partial charge is 0.573 e. The number of esters is 1. The average molecular weight is 457 g/mol. The number of nitrogens with zero attached hydrogens (tertiary/aromatic N) is 1. The van der Waals surface area contributed by atoms with Crippen LogP contribution < -0.4 is 9.47 Å². The monoisotopic (exact) mass is 457 g/mol. The van der Waals surface area contributed by atoms with Crippen molar-refractivity contribution in [3.8, 4) is 33.8 Å². The Morgan fingerprint density at radius 2 is 1.09 bits per heavy atom. The van der Waals surface area contributed by atoms with Crippen LogP contribution in [-0.2, 0) is 4.74 Å². The van der Waals surface area contributed by atoms with E-state index in [0.29, 0.717) is 11.1 Å². The van der Waals surface area contributed by atoms with Gasteiger partial charge in [0.1, 0.15) is 11.5 Å². The number of pyridine rings is 1. The molecule has 32 heavy (non-hydrogen) atoms. The van der Waals surface area contributed by atoms with Crippen LogP contribution in [0.3, 0.4) is 0 Å². The van der Waals surface area contributed by atoms with Crippen LogP contribution in [0.4, 0.5) is 26.3 Å². The zero-order valence-corrected chi connectivity index (χ0v) is 16.1. The summed E-state index contributed by atoms with van der Waals surface area (Å²) in [6.45, 7) is 0. The lowest BCUT2D eigenvalue weighted by molar-refractivity contribution is -0.275. The zero-order valence-electron chi connectivity index (χ0n) is 16.1. The van der Waals surface area contributed by atoms with E-state index in [2.05, 4.69) is 14.5 Å². The Morgan fingerprint density at radius 3 is 1.41 bits per heavy atom. The molecule has 1 heterocycles. The van der Waals surface area contributed by atoms with Crippen LogP contribution >= 0.6 is 0 Å². The van der Waals surface area contributed by atoms with Gasteiger partial charge in [0, 0.05) is 23.5 Å². The predicted molar refractivity (Wildman–Crippen MR) is 99.8 cm³/mol. The number of methoxy groups -OCH3 is 1. The van der Waals surface area contributed by atoms with Crippen molar-refractivity contribution >= 4 is 5.97 Å². The SMILES string of the molecule is COC(=O)c1c(-c2ccc(OC(F)(F)F)cc2)cncc1-c1ccc(OC(F)(F)F)cc1. The summed E-state index contributed by atoms with van der Waals surface area (Å²) in [7, 11) is 1.14. The van der Waals surface area contributed by atoms with Crippen LogP contribution in [0.25, 0.3) is 22.3 Å². The number of hydrogen-bond donors (Lipinski definition) is 0. The van der Waals surface area contributed by atoms with E-state index in [4.69, 9.17) is 4.74 Å². The number of halogens is 6. The molecule has 0 saturated carbocycles. The lowest BCUT2D eigenvalue weighted by Crippen LogP contribution is -2.17. The Balaban J connectivity index is 2.03. The summed E-state index contributed by atoms with van der Waals surface area (Å²) in [5, 5.41) is 0. The molecule has 1 aromatic heterocycles. The first-order valence-corrected chi connectivity index (χ1v) is 8.75. The van der Waals surface area contributed by atoms with Crippen molar-refractivity contribution in [3.63, 3.8) is 0 Å². The summed E-state index contributed by atoms with van der Waals surface area (Å²) >= 11 is 0. The number of hydrogen-bond acceptors (Lipinski definition) is 5. The molecule has 0 unspecified atom stereocenters. The van der Waals surface area contributed by atoms with E-state index in [1.54, 1.807) is 0 Å². The Kier molecular flexibility index (Phi) is 6.28. The summed E-state index contributed by atoms with van der Waals surface area (Å²) in [6, 6.07) is 9.48. The molecule has 2 aromatic carbocycles. The number of ether oxygens (including phenoxy) is 3. The lowest BCUT2D eigenvalue weighted by Gasteiger charge is -2.15. The molecule has 0 fully saturated rings. The number of aromatic nitrogens is 1. The quantitative estimate of drug-likeness (QED) is 0.348. The molecule has 0 bridgehead atoms. The minimum atomic E-state index is -4.86. The number of rotatable bonds is 5. The van der Waals surface area contributed by atoms with Gasteiger partial charge < -0.3 is 14.2 Å². The maximum Gasteiger partial charge on any atom is 0.573 e. The van der Waals surface area contributed by atoms with E-state index in [1.807, 2.05) is 0 Å². The molecule has 0 N–H and O–H groups in total. The van der Waals surface area contributed by atoms with Crippen molar-refractivity contribution in [2.75, 3.05) is 7.11 Å². The van der Waals surface area contributed by atoms with E-state index in [9.17, 15) is 31.1 Å². The Morgan fingerprint density at radius 1 is 0.719 bits per heavy atom. The number of carbonyl (C=O) groups excluding carboxylic acids is 1. The highest BCUT2D eigenvalue weighted by molar-refractivity contribution is 6.03. The summed E-state index contributed by atoms with van der Waals surface area (Å²) in [6.07, 6.45) is -7.09. The van der Waals surface area contributed by atoms with E-state index < -0.39 is 30.2 Å². The van der Waals surface area contributed by atoms with Crippen molar-refractivity contribution in [3.05, 3.63) is 66.5 Å². The third kappa shape index (κ3) is 5.68. The van der Waals surface area contributed by atoms with Gasteiger partial charge in [-0.25, -0.2) is 4.79 Å². The molecule has 0 atom stereocenters. The third-order valence-corrected chi connectivity index (χ3v) is 4.13. The predicted octanol–water partition coefficient (Wildman–Crippen LogP) is 6.00. The van der Waals surface area contributed by atoms with Crippen LogP contribution in [0.5, 0.6) is 11.5 Å². The molecule has 11 heteroatoms. The fraction of sp³-hybridized carbons (Fsp3) is 0.143. The van der Waals surface area contributed by atoms with Gasteiger partial charge in [0.25, 0.3) is 0 Å². The molecule has 3 rings (SSSR count). The van der Waals surface area contributed by atoms with E-state index in [0.717, 1.165) is 31.4 Å². The lowest BCUT2D eigenvalue weighted by atomic mass is 9.94. The van der Waals surface area contributed by atoms with Gasteiger partial charge in [0.15, 0.2) is 0 Å². The average Bonchev–Trinajstić information content (AvgIpc) is 2.71. The van der Waals surface area contributed by atoms with Crippen molar-refractivity contribution in [2.45, 2.75) is 12.7 Å². The van der Waals surface area contributed by atoms with Crippen LogP contribution in [0.2, 0.25) is 0 Å². The molecular weight excluding hydrogens is 444 g/mol. The summed E-state index contributed by atoms with van der Waals surface area (Å²) in [5.41, 5.74) is 1.18. The van der Waals surface area contributed by atoms with Crippen molar-refractivity contribution in [2.24, 2.45) is 0 Å². The molecule has 5 nitrogen and oxygen atoms in total. The van der Waals surface area contributed by atoms with Gasteiger partial charge in [-0.15, -0.1) is 26.3 Å². The number of benzene rings is 2. The Hall–Kier alpha value is -3.76. The second-order valence-corrected chi connectivity index (χ2v) is 6.25. The molecular formula is C21H13F6NO4. The molecule has 0 saturated heterocycles. The molecule has 168 valence electrons. The van der Waals surface area contributed by atoms with Crippen LogP contribution in [0.15, 0.2) is 60.9 Å². The van der Waals surface area contributed by atoms with Crippen molar-refractivity contribution in [1.82, 2.24) is 4.98 Å². The first-order chi connectivity index (χ1) is 15.0. The van der Waals surface area contributed by atoms with Crippen molar-refractivity contribution < 1.29 is 45.3 Å². The van der Waals surface area contributed by atoms with Crippen molar-refractivity contribution in [1.29, 1.82) is 0 Å². The van der Waals surface area contributed by atoms with Crippen LogP contribution in [-0.4, -0.2) is 30.8 Å². The first-order valence-electron chi connectivity index (χ1n) is 8.75. The highest BCUT2D eigenvalue weighted by atomic mass is 19.4.